The average molecular weight is 304 g/mol. The molecule has 0 unspecified atom stereocenters. The molecule has 22 heavy (non-hydrogen) atoms. The topological polar surface area (TPSA) is 64.4 Å². The van der Waals surface area contributed by atoms with Crippen molar-refractivity contribution in [3.05, 3.63) is 58.7 Å². The first kappa shape index (κ1) is 14.3. The van der Waals surface area contributed by atoms with Gasteiger partial charge in [-0.2, -0.15) is 0 Å². The first-order valence-corrected chi connectivity index (χ1v) is 6.82. The minimum atomic E-state index is -1.10. The molecule has 1 heterocycles. The standard InChI is InChI=1S/C16H14F2N2O2/c17-12-6-11(14(19)7-13(12)18)16(21)20-8-9-1-2-15-10(5-9)3-4-22-15/h1-2,5-7H,3-4,8,19H2,(H,20,21). The molecule has 3 N–H and O–H groups in total. The van der Waals surface area contributed by atoms with Crippen LogP contribution >= 0.6 is 0 Å². The Kier molecular flexibility index (Phi) is 3.66. The van der Waals surface area contributed by atoms with E-state index >= 15 is 0 Å². The summed E-state index contributed by atoms with van der Waals surface area (Å²) in [4.78, 5) is 12.0. The maximum Gasteiger partial charge on any atom is 0.253 e. The van der Waals surface area contributed by atoms with E-state index in [-0.39, 0.29) is 17.8 Å². The van der Waals surface area contributed by atoms with Gasteiger partial charge in [-0.25, -0.2) is 8.78 Å². The summed E-state index contributed by atoms with van der Waals surface area (Å²) in [5.41, 5.74) is 7.37. The van der Waals surface area contributed by atoms with Gasteiger partial charge in [0.05, 0.1) is 12.2 Å². The number of fused-ring (bicyclic) bond motifs is 1. The van der Waals surface area contributed by atoms with E-state index in [0.717, 1.165) is 35.4 Å². The molecule has 0 aliphatic carbocycles. The molecule has 3 rings (SSSR count). The summed E-state index contributed by atoms with van der Waals surface area (Å²) in [6.07, 6.45) is 0.841. The second-order valence-corrected chi connectivity index (χ2v) is 5.08. The van der Waals surface area contributed by atoms with Gasteiger partial charge in [0, 0.05) is 24.7 Å². The van der Waals surface area contributed by atoms with Crippen molar-refractivity contribution >= 4 is 11.6 Å². The highest BCUT2D eigenvalue weighted by Crippen LogP contribution is 2.25. The average Bonchev–Trinajstić information content (AvgIpc) is 2.96. The van der Waals surface area contributed by atoms with Crippen molar-refractivity contribution in [1.29, 1.82) is 0 Å². The van der Waals surface area contributed by atoms with Gasteiger partial charge in [0.2, 0.25) is 0 Å². The molecule has 4 nitrogen and oxygen atoms in total. The van der Waals surface area contributed by atoms with Gasteiger partial charge in [-0.1, -0.05) is 12.1 Å². The minimum absolute atomic E-state index is 0.0802. The molecule has 2 aromatic carbocycles. The summed E-state index contributed by atoms with van der Waals surface area (Å²) in [6, 6.07) is 7.26. The maximum absolute atomic E-state index is 13.2. The Morgan fingerprint density at radius 1 is 1.23 bits per heavy atom. The Morgan fingerprint density at radius 2 is 2.00 bits per heavy atom. The number of amides is 1. The molecular formula is C16H14F2N2O2. The molecule has 0 saturated heterocycles. The van der Waals surface area contributed by atoms with Crippen molar-refractivity contribution in [1.82, 2.24) is 5.32 Å². The van der Waals surface area contributed by atoms with Crippen molar-refractivity contribution in [3.63, 3.8) is 0 Å². The van der Waals surface area contributed by atoms with Gasteiger partial charge in [-0.05, 0) is 23.3 Å². The summed E-state index contributed by atoms with van der Waals surface area (Å²) in [6.45, 7) is 0.932. The third-order valence-corrected chi connectivity index (χ3v) is 3.54. The molecule has 0 spiro atoms. The van der Waals surface area contributed by atoms with Gasteiger partial charge in [0.25, 0.3) is 5.91 Å². The zero-order valence-corrected chi connectivity index (χ0v) is 11.7. The van der Waals surface area contributed by atoms with Gasteiger partial charge in [0.1, 0.15) is 5.75 Å². The fraction of sp³-hybridized carbons (Fsp3) is 0.188. The van der Waals surface area contributed by atoms with E-state index < -0.39 is 17.5 Å². The molecule has 1 aliphatic heterocycles. The summed E-state index contributed by atoms with van der Waals surface area (Å²) < 4.78 is 31.6. The summed E-state index contributed by atoms with van der Waals surface area (Å²) >= 11 is 0. The van der Waals surface area contributed by atoms with Gasteiger partial charge in [-0.15, -0.1) is 0 Å². The fourth-order valence-corrected chi connectivity index (χ4v) is 2.39. The van der Waals surface area contributed by atoms with Crippen LogP contribution in [0.4, 0.5) is 14.5 Å². The van der Waals surface area contributed by atoms with E-state index in [2.05, 4.69) is 5.32 Å². The highest BCUT2D eigenvalue weighted by atomic mass is 19.2. The largest absolute Gasteiger partial charge is 0.493 e. The molecule has 1 aliphatic rings. The predicted molar refractivity (Wildman–Crippen MR) is 77.6 cm³/mol. The molecule has 0 radical (unpaired) electrons. The molecule has 0 fully saturated rings. The number of carbonyl (C=O) groups is 1. The van der Waals surface area contributed by atoms with E-state index in [4.69, 9.17) is 10.5 Å². The molecule has 0 bridgehead atoms. The van der Waals surface area contributed by atoms with E-state index in [9.17, 15) is 13.6 Å². The Bertz CT molecular complexity index is 747. The van der Waals surface area contributed by atoms with E-state index in [0.29, 0.717) is 6.61 Å². The second kappa shape index (κ2) is 5.63. The highest BCUT2D eigenvalue weighted by molar-refractivity contribution is 5.99. The number of nitrogens with two attached hydrogens (primary N) is 1. The maximum atomic E-state index is 13.2. The van der Waals surface area contributed by atoms with Crippen molar-refractivity contribution in [2.24, 2.45) is 0 Å². The number of nitrogens with one attached hydrogen (secondary N) is 1. The van der Waals surface area contributed by atoms with Crippen LogP contribution in [0, 0.1) is 11.6 Å². The van der Waals surface area contributed by atoms with Crippen LogP contribution in [0.5, 0.6) is 5.75 Å². The SMILES string of the molecule is Nc1cc(F)c(F)cc1C(=O)NCc1ccc2c(c1)CCO2. The van der Waals surface area contributed by atoms with Crippen molar-refractivity contribution < 1.29 is 18.3 Å². The normalized spacial score (nSPS) is 12.6. The van der Waals surface area contributed by atoms with E-state index in [1.807, 2.05) is 18.2 Å². The molecular weight excluding hydrogens is 290 g/mol. The molecule has 2 aromatic rings. The number of carbonyl (C=O) groups excluding carboxylic acids is 1. The van der Waals surface area contributed by atoms with Crippen LogP contribution in [0.15, 0.2) is 30.3 Å². The lowest BCUT2D eigenvalue weighted by Gasteiger charge is -2.09. The monoisotopic (exact) mass is 304 g/mol. The lowest BCUT2D eigenvalue weighted by molar-refractivity contribution is 0.0951. The Morgan fingerprint density at radius 3 is 2.82 bits per heavy atom. The van der Waals surface area contributed by atoms with Crippen LogP contribution in [0.1, 0.15) is 21.5 Å². The number of hydrogen-bond donors (Lipinski definition) is 2. The van der Waals surface area contributed by atoms with E-state index in [1.165, 1.54) is 0 Å². The van der Waals surface area contributed by atoms with Gasteiger partial charge in [0.15, 0.2) is 11.6 Å². The molecule has 0 saturated carbocycles. The van der Waals surface area contributed by atoms with Crippen molar-refractivity contribution in [2.75, 3.05) is 12.3 Å². The number of benzene rings is 2. The van der Waals surface area contributed by atoms with Crippen LogP contribution in [-0.2, 0) is 13.0 Å². The van der Waals surface area contributed by atoms with Gasteiger partial charge in [-0.3, -0.25) is 4.79 Å². The number of rotatable bonds is 3. The zero-order valence-electron chi connectivity index (χ0n) is 11.7. The van der Waals surface area contributed by atoms with Crippen LogP contribution in [0.25, 0.3) is 0 Å². The van der Waals surface area contributed by atoms with Crippen LogP contribution in [0.2, 0.25) is 0 Å². The molecule has 1 amide bonds. The van der Waals surface area contributed by atoms with Crippen LogP contribution in [-0.4, -0.2) is 12.5 Å². The van der Waals surface area contributed by atoms with Gasteiger partial charge >= 0.3 is 0 Å². The van der Waals surface area contributed by atoms with Crippen LogP contribution in [0.3, 0.4) is 0 Å². The first-order chi connectivity index (χ1) is 10.5. The first-order valence-electron chi connectivity index (χ1n) is 6.82. The van der Waals surface area contributed by atoms with Crippen molar-refractivity contribution in [3.8, 4) is 5.75 Å². The fourth-order valence-electron chi connectivity index (χ4n) is 2.39. The number of ether oxygens (including phenoxy) is 1. The summed E-state index contributed by atoms with van der Waals surface area (Å²) in [5.74, 6) is -1.87. The third kappa shape index (κ3) is 2.72. The Labute approximate surface area is 125 Å². The Balaban J connectivity index is 1.71. The van der Waals surface area contributed by atoms with Crippen molar-refractivity contribution in [2.45, 2.75) is 13.0 Å². The molecule has 0 aromatic heterocycles. The number of halogens is 2. The molecule has 114 valence electrons. The number of nitrogen functional groups attached to an aromatic ring is 1. The lowest BCUT2D eigenvalue weighted by Crippen LogP contribution is -2.24. The molecule has 6 heteroatoms. The minimum Gasteiger partial charge on any atom is -0.493 e. The van der Waals surface area contributed by atoms with E-state index in [1.54, 1.807) is 0 Å². The second-order valence-electron chi connectivity index (χ2n) is 5.08. The zero-order chi connectivity index (χ0) is 15.7. The smallest absolute Gasteiger partial charge is 0.253 e. The summed E-state index contributed by atoms with van der Waals surface area (Å²) in [5, 5.41) is 2.65. The lowest BCUT2D eigenvalue weighted by atomic mass is 10.1. The summed E-state index contributed by atoms with van der Waals surface area (Å²) in [7, 11) is 0. The molecule has 0 atom stereocenters. The predicted octanol–water partition coefficient (Wildman–Crippen LogP) is 2.41. The quantitative estimate of drug-likeness (QED) is 0.856. The van der Waals surface area contributed by atoms with Crippen LogP contribution < -0.4 is 15.8 Å². The van der Waals surface area contributed by atoms with Gasteiger partial charge < -0.3 is 15.8 Å². The number of anilines is 1. The highest BCUT2D eigenvalue weighted by Gasteiger charge is 2.15. The third-order valence-electron chi connectivity index (χ3n) is 3.54. The number of hydrogen-bond acceptors (Lipinski definition) is 3. The Hall–Kier alpha value is -2.63.